The number of nitrogens with zero attached hydrogens (tertiary/aromatic N) is 2. The first kappa shape index (κ1) is 12.0. The van der Waals surface area contributed by atoms with E-state index in [0.717, 1.165) is 29.9 Å². The number of hydrogen-bond acceptors (Lipinski definition) is 2. The van der Waals surface area contributed by atoms with Gasteiger partial charge in [0.2, 0.25) is 0 Å². The molecule has 0 aliphatic carbocycles. The van der Waals surface area contributed by atoms with Gasteiger partial charge in [-0.2, -0.15) is 13.2 Å². The molecule has 1 atom stereocenters. The summed E-state index contributed by atoms with van der Waals surface area (Å²) in [5.41, 5.74) is 1.34. The van der Waals surface area contributed by atoms with Gasteiger partial charge in [-0.05, 0) is 42.0 Å². The second-order valence-corrected chi connectivity index (χ2v) is 4.49. The summed E-state index contributed by atoms with van der Waals surface area (Å²) in [7, 11) is 0. The Balaban J connectivity index is 1.76. The van der Waals surface area contributed by atoms with Gasteiger partial charge in [-0.15, -0.1) is 0 Å². The lowest BCUT2D eigenvalue weighted by Crippen LogP contribution is -2.04. The minimum Gasteiger partial charge on any atom is -0.360 e. The van der Waals surface area contributed by atoms with Gasteiger partial charge < -0.3 is 4.90 Å². The Kier molecular flexibility index (Phi) is 2.69. The fourth-order valence-corrected chi connectivity index (χ4v) is 2.14. The highest BCUT2D eigenvalue weighted by Gasteiger charge is 2.36. The summed E-state index contributed by atoms with van der Waals surface area (Å²) in [6.45, 7) is 0.829. The van der Waals surface area contributed by atoms with Crippen LogP contribution in [0.4, 0.5) is 18.9 Å². The summed E-state index contributed by atoms with van der Waals surface area (Å²) < 4.78 is 37.4. The summed E-state index contributed by atoms with van der Waals surface area (Å²) in [5.74, 6) is 0. The van der Waals surface area contributed by atoms with Crippen LogP contribution in [0, 0.1) is 0 Å². The Morgan fingerprint density at radius 1 is 1.00 bits per heavy atom. The zero-order valence-corrected chi connectivity index (χ0v) is 9.93. The molecule has 1 saturated heterocycles. The Morgan fingerprint density at radius 2 is 1.63 bits per heavy atom. The van der Waals surface area contributed by atoms with Crippen LogP contribution in [0.1, 0.15) is 17.2 Å². The number of rotatable bonds is 2. The minimum atomic E-state index is -4.28. The van der Waals surface area contributed by atoms with Crippen molar-refractivity contribution in [2.45, 2.75) is 12.2 Å². The number of pyridine rings is 1. The molecule has 0 saturated carbocycles. The van der Waals surface area contributed by atoms with Crippen LogP contribution >= 0.6 is 0 Å². The van der Waals surface area contributed by atoms with Crippen molar-refractivity contribution in [1.29, 1.82) is 0 Å². The Bertz CT molecular complexity index is 563. The number of aromatic nitrogens is 1. The van der Waals surface area contributed by atoms with Crippen LogP contribution in [0.2, 0.25) is 0 Å². The monoisotopic (exact) mass is 264 g/mol. The Labute approximate surface area is 108 Å². The van der Waals surface area contributed by atoms with Crippen LogP contribution in [-0.4, -0.2) is 11.5 Å². The smallest absolute Gasteiger partial charge is 0.360 e. The van der Waals surface area contributed by atoms with Gasteiger partial charge in [-0.25, -0.2) is 0 Å². The maximum absolute atomic E-state index is 12.5. The maximum Gasteiger partial charge on any atom is 0.416 e. The van der Waals surface area contributed by atoms with E-state index in [2.05, 4.69) is 9.88 Å². The SMILES string of the molecule is FC(F)(F)c1ccc(N2CC2c2ccncc2)cc1. The number of alkyl halides is 3. The molecule has 1 aliphatic heterocycles. The summed E-state index contributed by atoms with van der Waals surface area (Å²) >= 11 is 0. The molecular formula is C14H11F3N2. The highest BCUT2D eigenvalue weighted by atomic mass is 19.4. The third kappa shape index (κ3) is 2.41. The largest absolute Gasteiger partial charge is 0.416 e. The molecule has 1 unspecified atom stereocenters. The lowest BCUT2D eigenvalue weighted by atomic mass is 10.2. The first-order chi connectivity index (χ1) is 9.05. The number of benzene rings is 1. The standard InChI is InChI=1S/C14H11F3N2/c15-14(16,17)11-1-3-12(4-2-11)19-9-13(19)10-5-7-18-8-6-10/h1-8,13H,9H2. The predicted octanol–water partition coefficient (Wildman–Crippen LogP) is 3.66. The van der Waals surface area contributed by atoms with Crippen molar-refractivity contribution in [3.8, 4) is 0 Å². The van der Waals surface area contributed by atoms with Gasteiger partial charge in [-0.3, -0.25) is 4.98 Å². The van der Waals surface area contributed by atoms with Gasteiger partial charge in [0, 0.05) is 24.6 Å². The molecule has 0 bridgehead atoms. The topological polar surface area (TPSA) is 15.9 Å². The molecule has 2 nitrogen and oxygen atoms in total. The molecule has 0 N–H and O–H groups in total. The Hall–Kier alpha value is -2.04. The molecule has 19 heavy (non-hydrogen) atoms. The molecule has 0 spiro atoms. The zero-order valence-electron chi connectivity index (χ0n) is 9.93. The molecule has 2 heterocycles. The molecule has 0 amide bonds. The van der Waals surface area contributed by atoms with E-state index in [1.807, 2.05) is 12.1 Å². The predicted molar refractivity (Wildman–Crippen MR) is 65.8 cm³/mol. The van der Waals surface area contributed by atoms with Crippen molar-refractivity contribution in [2.24, 2.45) is 0 Å². The van der Waals surface area contributed by atoms with E-state index < -0.39 is 11.7 Å². The fourth-order valence-electron chi connectivity index (χ4n) is 2.14. The molecule has 1 aromatic heterocycles. The van der Waals surface area contributed by atoms with Crippen LogP contribution < -0.4 is 4.90 Å². The lowest BCUT2D eigenvalue weighted by molar-refractivity contribution is -0.137. The molecular weight excluding hydrogens is 253 g/mol. The van der Waals surface area contributed by atoms with Crippen LogP contribution in [0.15, 0.2) is 48.8 Å². The summed E-state index contributed by atoms with van der Waals surface area (Å²) in [5, 5.41) is 0. The van der Waals surface area contributed by atoms with Crippen molar-refractivity contribution in [2.75, 3.05) is 11.4 Å². The maximum atomic E-state index is 12.5. The van der Waals surface area contributed by atoms with Crippen LogP contribution in [0.5, 0.6) is 0 Å². The lowest BCUT2D eigenvalue weighted by Gasteiger charge is -2.09. The number of hydrogen-bond donors (Lipinski definition) is 0. The molecule has 98 valence electrons. The van der Waals surface area contributed by atoms with Crippen LogP contribution in [0.3, 0.4) is 0 Å². The molecule has 3 rings (SSSR count). The van der Waals surface area contributed by atoms with Crippen molar-refractivity contribution in [3.05, 3.63) is 59.9 Å². The summed E-state index contributed by atoms with van der Waals surface area (Å²) in [4.78, 5) is 6.00. The third-order valence-electron chi connectivity index (χ3n) is 3.23. The molecule has 5 heteroatoms. The number of halogens is 3. The van der Waals surface area contributed by atoms with Crippen LogP contribution in [0.25, 0.3) is 0 Å². The quantitative estimate of drug-likeness (QED) is 0.769. The summed E-state index contributed by atoms with van der Waals surface area (Å²) in [6.07, 6.45) is -0.834. The molecule has 2 aromatic rings. The van der Waals surface area contributed by atoms with E-state index in [1.165, 1.54) is 12.1 Å². The average Bonchev–Trinajstić information content (AvgIpc) is 3.19. The van der Waals surface area contributed by atoms with E-state index in [4.69, 9.17) is 0 Å². The van der Waals surface area contributed by atoms with E-state index >= 15 is 0 Å². The van der Waals surface area contributed by atoms with Crippen molar-refractivity contribution >= 4 is 5.69 Å². The fraction of sp³-hybridized carbons (Fsp3) is 0.214. The van der Waals surface area contributed by atoms with Gasteiger partial charge >= 0.3 is 6.18 Å². The molecule has 1 fully saturated rings. The second kappa shape index (κ2) is 4.26. The van der Waals surface area contributed by atoms with Crippen molar-refractivity contribution in [1.82, 2.24) is 4.98 Å². The summed E-state index contributed by atoms with van der Waals surface area (Å²) in [6, 6.07) is 9.38. The van der Waals surface area contributed by atoms with Crippen molar-refractivity contribution in [3.63, 3.8) is 0 Å². The second-order valence-electron chi connectivity index (χ2n) is 4.49. The third-order valence-corrected chi connectivity index (χ3v) is 3.23. The molecule has 1 aliphatic rings. The van der Waals surface area contributed by atoms with E-state index in [1.54, 1.807) is 12.4 Å². The number of anilines is 1. The van der Waals surface area contributed by atoms with Gasteiger partial charge in [0.05, 0.1) is 11.6 Å². The van der Waals surface area contributed by atoms with Gasteiger partial charge in [0.25, 0.3) is 0 Å². The molecule has 1 aromatic carbocycles. The average molecular weight is 264 g/mol. The van der Waals surface area contributed by atoms with Gasteiger partial charge in [0.1, 0.15) is 0 Å². The van der Waals surface area contributed by atoms with Crippen LogP contribution in [-0.2, 0) is 6.18 Å². The van der Waals surface area contributed by atoms with Gasteiger partial charge in [0.15, 0.2) is 0 Å². The minimum absolute atomic E-state index is 0.250. The van der Waals surface area contributed by atoms with Gasteiger partial charge in [-0.1, -0.05) is 0 Å². The van der Waals surface area contributed by atoms with E-state index in [-0.39, 0.29) is 6.04 Å². The zero-order chi connectivity index (χ0) is 13.5. The molecule has 0 radical (unpaired) electrons. The van der Waals surface area contributed by atoms with Crippen molar-refractivity contribution < 1.29 is 13.2 Å². The highest BCUT2D eigenvalue weighted by Crippen LogP contribution is 2.40. The first-order valence-corrected chi connectivity index (χ1v) is 5.89. The highest BCUT2D eigenvalue weighted by molar-refractivity contribution is 5.56. The van der Waals surface area contributed by atoms with E-state index in [0.29, 0.717) is 0 Å². The first-order valence-electron chi connectivity index (χ1n) is 5.89. The van der Waals surface area contributed by atoms with E-state index in [9.17, 15) is 13.2 Å². The normalized spacial score (nSPS) is 18.5. The Morgan fingerprint density at radius 3 is 2.21 bits per heavy atom.